The van der Waals surface area contributed by atoms with Gasteiger partial charge < -0.3 is 5.32 Å². The molecule has 0 saturated heterocycles. The highest BCUT2D eigenvalue weighted by Gasteiger charge is 2.38. The van der Waals surface area contributed by atoms with Crippen molar-refractivity contribution < 1.29 is 8.42 Å². The van der Waals surface area contributed by atoms with Crippen LogP contribution in [-0.2, 0) is 9.84 Å². The van der Waals surface area contributed by atoms with Crippen LogP contribution in [0.4, 0.5) is 0 Å². The van der Waals surface area contributed by atoms with E-state index < -0.39 is 9.84 Å². The molecular weight excluding hydrogens is 270 g/mol. The van der Waals surface area contributed by atoms with Crippen LogP contribution < -0.4 is 5.32 Å². The van der Waals surface area contributed by atoms with Gasteiger partial charge in [-0.25, -0.2) is 8.42 Å². The zero-order valence-corrected chi connectivity index (χ0v) is 13.4. The van der Waals surface area contributed by atoms with Crippen LogP contribution in [0.5, 0.6) is 0 Å². The summed E-state index contributed by atoms with van der Waals surface area (Å²) in [5.74, 6) is 1.37. The fourth-order valence-corrected chi connectivity index (χ4v) is 5.17. The molecule has 0 amide bonds. The van der Waals surface area contributed by atoms with Crippen LogP contribution >= 0.6 is 0 Å². The van der Waals surface area contributed by atoms with Crippen molar-refractivity contribution >= 4 is 9.84 Å². The third-order valence-corrected chi connectivity index (χ3v) is 5.89. The zero-order valence-electron chi connectivity index (χ0n) is 12.6. The highest BCUT2D eigenvalue weighted by atomic mass is 32.2. The lowest BCUT2D eigenvalue weighted by molar-refractivity contribution is 0.347. The number of rotatable bonds is 6. The second-order valence-electron chi connectivity index (χ2n) is 6.12. The van der Waals surface area contributed by atoms with E-state index in [2.05, 4.69) is 26.1 Å². The second-order valence-corrected chi connectivity index (χ2v) is 8.13. The lowest BCUT2D eigenvalue weighted by Gasteiger charge is -2.25. The van der Waals surface area contributed by atoms with Gasteiger partial charge in [0, 0.05) is 5.92 Å². The molecule has 1 heterocycles. The van der Waals surface area contributed by atoms with Gasteiger partial charge in [0.15, 0.2) is 9.84 Å². The Hall–Kier alpha value is -0.870. The second kappa shape index (κ2) is 6.27. The third kappa shape index (κ3) is 3.23. The lowest BCUT2D eigenvalue weighted by atomic mass is 9.82. The van der Waals surface area contributed by atoms with E-state index in [1.165, 1.54) is 0 Å². The first-order chi connectivity index (χ1) is 9.45. The smallest absolute Gasteiger partial charge is 0.179 e. The van der Waals surface area contributed by atoms with Gasteiger partial charge in [-0.2, -0.15) is 0 Å². The number of hydrogen-bond acceptors (Lipinski definition) is 3. The molecule has 1 aliphatic rings. The lowest BCUT2D eigenvalue weighted by Crippen LogP contribution is -2.29. The predicted octanol–water partition coefficient (Wildman–Crippen LogP) is 2.83. The molecule has 0 fully saturated rings. The molecule has 2 unspecified atom stereocenters. The molecule has 2 rings (SSSR count). The molecule has 112 valence electrons. The van der Waals surface area contributed by atoms with Gasteiger partial charge >= 0.3 is 0 Å². The summed E-state index contributed by atoms with van der Waals surface area (Å²) in [5, 5.41) is 3.39. The van der Waals surface area contributed by atoms with Crippen molar-refractivity contribution in [2.24, 2.45) is 11.8 Å². The molecule has 0 aromatic heterocycles. The maximum Gasteiger partial charge on any atom is 0.179 e. The Kier molecular flexibility index (Phi) is 4.86. The Morgan fingerprint density at radius 1 is 1.30 bits per heavy atom. The number of fused-ring (bicyclic) bond motifs is 1. The van der Waals surface area contributed by atoms with E-state index in [1.807, 2.05) is 18.2 Å². The van der Waals surface area contributed by atoms with E-state index in [1.54, 1.807) is 6.07 Å². The first-order valence-electron chi connectivity index (χ1n) is 7.48. The van der Waals surface area contributed by atoms with Crippen LogP contribution in [0.2, 0.25) is 0 Å². The molecular formula is C16H25NO2S. The first-order valence-corrected chi connectivity index (χ1v) is 9.13. The fourth-order valence-electron chi connectivity index (χ4n) is 3.20. The largest absolute Gasteiger partial charge is 0.317 e. The molecule has 3 nitrogen and oxygen atoms in total. The normalized spacial score (nSPS) is 21.9. The molecule has 0 radical (unpaired) electrons. The fraction of sp³-hybridized carbons (Fsp3) is 0.625. The SMILES string of the molecule is CCNCC(CC(C)C)C1CS(=O)(=O)c2ccccc21. The summed E-state index contributed by atoms with van der Waals surface area (Å²) < 4.78 is 24.6. The van der Waals surface area contributed by atoms with E-state index in [4.69, 9.17) is 0 Å². The number of hydrogen-bond donors (Lipinski definition) is 1. The molecule has 2 atom stereocenters. The van der Waals surface area contributed by atoms with Gasteiger partial charge in [0.05, 0.1) is 10.6 Å². The summed E-state index contributed by atoms with van der Waals surface area (Å²) in [4.78, 5) is 0.551. The van der Waals surface area contributed by atoms with Crippen LogP contribution in [0.3, 0.4) is 0 Å². The molecule has 0 aliphatic carbocycles. The van der Waals surface area contributed by atoms with Crippen molar-refractivity contribution in [2.45, 2.75) is 38.0 Å². The zero-order chi connectivity index (χ0) is 14.8. The quantitative estimate of drug-likeness (QED) is 0.878. The standard InChI is InChI=1S/C16H25NO2S/c1-4-17-10-13(9-12(2)3)15-11-20(18,19)16-8-6-5-7-14(15)16/h5-8,12-13,15,17H,4,9-11H2,1-3H3. The van der Waals surface area contributed by atoms with E-state index >= 15 is 0 Å². The van der Waals surface area contributed by atoms with Crippen LogP contribution in [0, 0.1) is 11.8 Å². The van der Waals surface area contributed by atoms with Crippen LogP contribution in [0.1, 0.15) is 38.7 Å². The molecule has 20 heavy (non-hydrogen) atoms. The van der Waals surface area contributed by atoms with Gasteiger partial charge in [0.2, 0.25) is 0 Å². The van der Waals surface area contributed by atoms with E-state index in [0.29, 0.717) is 16.7 Å². The predicted molar refractivity (Wildman–Crippen MR) is 82.7 cm³/mol. The summed E-state index contributed by atoms with van der Waals surface area (Å²) >= 11 is 0. The first kappa shape index (κ1) is 15.5. The van der Waals surface area contributed by atoms with E-state index in [9.17, 15) is 8.42 Å². The maximum absolute atomic E-state index is 12.3. The highest BCUT2D eigenvalue weighted by Crippen LogP contribution is 2.41. The summed E-state index contributed by atoms with van der Waals surface area (Å²) in [6, 6.07) is 7.51. The van der Waals surface area contributed by atoms with Crippen LogP contribution in [-0.4, -0.2) is 27.3 Å². The number of nitrogens with one attached hydrogen (secondary N) is 1. The molecule has 0 saturated carbocycles. The average molecular weight is 295 g/mol. The Morgan fingerprint density at radius 3 is 2.65 bits per heavy atom. The van der Waals surface area contributed by atoms with Crippen molar-refractivity contribution in [3.05, 3.63) is 29.8 Å². The topological polar surface area (TPSA) is 46.2 Å². The summed E-state index contributed by atoms with van der Waals surface area (Å²) in [5.41, 5.74) is 1.02. The van der Waals surface area contributed by atoms with E-state index in [-0.39, 0.29) is 11.7 Å². The van der Waals surface area contributed by atoms with Gasteiger partial charge in [-0.1, -0.05) is 39.0 Å². The maximum atomic E-state index is 12.3. The van der Waals surface area contributed by atoms with Crippen LogP contribution in [0.15, 0.2) is 29.2 Å². The molecule has 1 N–H and O–H groups in total. The minimum atomic E-state index is -3.09. The van der Waals surface area contributed by atoms with Crippen molar-refractivity contribution in [1.82, 2.24) is 5.32 Å². The monoisotopic (exact) mass is 295 g/mol. The molecule has 0 spiro atoms. The van der Waals surface area contributed by atoms with Crippen molar-refractivity contribution in [1.29, 1.82) is 0 Å². The summed E-state index contributed by atoms with van der Waals surface area (Å²) in [6.45, 7) is 8.31. The Labute approximate surface area is 122 Å². The van der Waals surface area contributed by atoms with Crippen molar-refractivity contribution in [3.63, 3.8) is 0 Å². The van der Waals surface area contributed by atoms with Crippen molar-refractivity contribution in [3.8, 4) is 0 Å². The molecule has 1 aromatic rings. The van der Waals surface area contributed by atoms with Gasteiger partial charge in [-0.15, -0.1) is 0 Å². The van der Waals surface area contributed by atoms with Gasteiger partial charge in [0.25, 0.3) is 0 Å². The molecule has 1 aromatic carbocycles. The van der Waals surface area contributed by atoms with Crippen molar-refractivity contribution in [2.75, 3.05) is 18.8 Å². The highest BCUT2D eigenvalue weighted by molar-refractivity contribution is 7.91. The number of benzene rings is 1. The minimum Gasteiger partial charge on any atom is -0.317 e. The van der Waals surface area contributed by atoms with Gasteiger partial charge in [0.1, 0.15) is 0 Å². The Morgan fingerprint density at radius 2 is 2.00 bits per heavy atom. The third-order valence-electron chi connectivity index (χ3n) is 4.05. The summed E-state index contributed by atoms with van der Waals surface area (Å²) in [7, 11) is -3.09. The average Bonchev–Trinajstić information content (AvgIpc) is 2.67. The molecule has 1 aliphatic heterocycles. The van der Waals surface area contributed by atoms with Crippen LogP contribution in [0.25, 0.3) is 0 Å². The van der Waals surface area contributed by atoms with E-state index in [0.717, 1.165) is 25.1 Å². The Balaban J connectivity index is 2.30. The summed E-state index contributed by atoms with van der Waals surface area (Å²) in [6.07, 6.45) is 1.06. The van der Waals surface area contributed by atoms with Gasteiger partial charge in [-0.3, -0.25) is 0 Å². The Bertz CT molecular complexity index is 551. The molecule has 4 heteroatoms. The molecule has 0 bridgehead atoms. The number of sulfone groups is 1. The minimum absolute atomic E-state index is 0.137. The van der Waals surface area contributed by atoms with Gasteiger partial charge in [-0.05, 0) is 43.0 Å².